The summed E-state index contributed by atoms with van der Waals surface area (Å²) < 4.78 is 53.3. The second-order valence-corrected chi connectivity index (χ2v) is 6.65. The Morgan fingerprint density at radius 1 is 1.00 bits per heavy atom. The quantitative estimate of drug-likeness (QED) is 0.473. The number of benzene rings is 3. The van der Waals surface area contributed by atoms with Gasteiger partial charge in [-0.2, -0.15) is 18.3 Å². The van der Waals surface area contributed by atoms with Crippen molar-refractivity contribution >= 4 is 16.8 Å². The van der Waals surface area contributed by atoms with Crippen LogP contribution >= 0.6 is 0 Å². The van der Waals surface area contributed by atoms with Crippen LogP contribution in [0.2, 0.25) is 0 Å². The molecule has 30 heavy (non-hydrogen) atoms. The molecule has 0 saturated heterocycles. The van der Waals surface area contributed by atoms with E-state index in [0.717, 1.165) is 12.1 Å². The third-order valence-corrected chi connectivity index (χ3v) is 4.64. The number of rotatable bonds is 4. The lowest BCUT2D eigenvalue weighted by Crippen LogP contribution is -2.23. The minimum Gasteiger partial charge on any atom is -0.348 e. The van der Waals surface area contributed by atoms with E-state index in [1.807, 2.05) is 0 Å². The zero-order valence-electron chi connectivity index (χ0n) is 15.4. The molecule has 0 atom stereocenters. The summed E-state index contributed by atoms with van der Waals surface area (Å²) in [6.07, 6.45) is -2.92. The molecule has 0 aliphatic heterocycles. The minimum absolute atomic E-state index is 0.0504. The minimum atomic E-state index is -4.44. The smallest absolute Gasteiger partial charge is 0.348 e. The first kappa shape index (κ1) is 19.6. The fraction of sp³-hybridized carbons (Fsp3) is 0.0909. The van der Waals surface area contributed by atoms with Gasteiger partial charge in [-0.05, 0) is 54.1 Å². The summed E-state index contributed by atoms with van der Waals surface area (Å²) in [5.74, 6) is -0.804. The Hall–Kier alpha value is -3.68. The summed E-state index contributed by atoms with van der Waals surface area (Å²) in [6, 6.07) is 15.6. The standard InChI is InChI=1S/C22H15F4N3O/c23-16-7-9-17(10-8-16)29-20-6-2-5-18(19(20)13-28-29)21(30)27-12-14-3-1-4-15(11-14)22(24,25)26/h1-11,13H,12H2,(H,27,30). The van der Waals surface area contributed by atoms with Crippen LogP contribution in [0.5, 0.6) is 0 Å². The molecule has 0 aliphatic rings. The van der Waals surface area contributed by atoms with Gasteiger partial charge in [0.1, 0.15) is 5.82 Å². The van der Waals surface area contributed by atoms with E-state index >= 15 is 0 Å². The third kappa shape index (κ3) is 3.89. The van der Waals surface area contributed by atoms with Gasteiger partial charge in [0.25, 0.3) is 5.91 Å². The van der Waals surface area contributed by atoms with E-state index in [0.29, 0.717) is 27.7 Å². The predicted octanol–water partition coefficient (Wildman–Crippen LogP) is 5.11. The van der Waals surface area contributed by atoms with Crippen molar-refractivity contribution in [1.29, 1.82) is 0 Å². The number of hydrogen-bond acceptors (Lipinski definition) is 2. The van der Waals surface area contributed by atoms with Gasteiger partial charge in [0.15, 0.2) is 0 Å². The molecule has 0 unspecified atom stereocenters. The zero-order chi connectivity index (χ0) is 21.3. The van der Waals surface area contributed by atoms with Gasteiger partial charge in [-0.1, -0.05) is 18.2 Å². The van der Waals surface area contributed by atoms with Gasteiger partial charge in [0.2, 0.25) is 0 Å². The van der Waals surface area contributed by atoms with Crippen molar-refractivity contribution in [1.82, 2.24) is 15.1 Å². The fourth-order valence-electron chi connectivity index (χ4n) is 3.17. The van der Waals surface area contributed by atoms with Crippen molar-refractivity contribution in [3.8, 4) is 5.69 Å². The molecule has 0 bridgehead atoms. The van der Waals surface area contributed by atoms with Crippen molar-refractivity contribution in [3.05, 3.63) is 95.4 Å². The van der Waals surface area contributed by atoms with E-state index in [2.05, 4.69) is 10.4 Å². The maximum Gasteiger partial charge on any atom is 0.416 e. The molecule has 3 aromatic carbocycles. The summed E-state index contributed by atoms with van der Waals surface area (Å²) in [4.78, 5) is 12.7. The van der Waals surface area contributed by atoms with Gasteiger partial charge >= 0.3 is 6.18 Å². The molecule has 1 N–H and O–H groups in total. The second kappa shape index (κ2) is 7.62. The molecule has 8 heteroatoms. The van der Waals surface area contributed by atoms with Crippen molar-refractivity contribution in [2.24, 2.45) is 0 Å². The van der Waals surface area contributed by atoms with Gasteiger partial charge in [-0.3, -0.25) is 4.79 Å². The van der Waals surface area contributed by atoms with Gasteiger partial charge in [0.05, 0.1) is 28.5 Å². The fourth-order valence-corrected chi connectivity index (χ4v) is 3.17. The van der Waals surface area contributed by atoms with Gasteiger partial charge < -0.3 is 5.32 Å². The number of amides is 1. The van der Waals surface area contributed by atoms with E-state index in [4.69, 9.17) is 0 Å². The van der Waals surface area contributed by atoms with E-state index in [1.54, 1.807) is 35.0 Å². The molecule has 4 nitrogen and oxygen atoms in total. The van der Waals surface area contributed by atoms with Crippen LogP contribution in [-0.2, 0) is 12.7 Å². The Morgan fingerprint density at radius 3 is 2.47 bits per heavy atom. The van der Waals surface area contributed by atoms with Crippen molar-refractivity contribution in [2.75, 3.05) is 0 Å². The second-order valence-electron chi connectivity index (χ2n) is 6.65. The monoisotopic (exact) mass is 413 g/mol. The Kier molecular flexibility index (Phi) is 4.99. The highest BCUT2D eigenvalue weighted by molar-refractivity contribution is 6.06. The van der Waals surface area contributed by atoms with Crippen LogP contribution in [0.3, 0.4) is 0 Å². The van der Waals surface area contributed by atoms with Crippen LogP contribution in [0.25, 0.3) is 16.6 Å². The van der Waals surface area contributed by atoms with E-state index in [9.17, 15) is 22.4 Å². The molecule has 0 fully saturated rings. The molecule has 1 heterocycles. The van der Waals surface area contributed by atoms with Crippen molar-refractivity contribution in [2.45, 2.75) is 12.7 Å². The first-order chi connectivity index (χ1) is 14.3. The Morgan fingerprint density at radius 2 is 1.73 bits per heavy atom. The molecule has 1 amide bonds. The highest BCUT2D eigenvalue weighted by Gasteiger charge is 2.30. The first-order valence-electron chi connectivity index (χ1n) is 9.00. The maximum atomic E-state index is 13.2. The lowest BCUT2D eigenvalue weighted by Gasteiger charge is -2.10. The largest absolute Gasteiger partial charge is 0.416 e. The molecule has 1 aromatic heterocycles. The van der Waals surface area contributed by atoms with Crippen LogP contribution in [0.4, 0.5) is 17.6 Å². The molecule has 4 aromatic rings. The van der Waals surface area contributed by atoms with E-state index in [-0.39, 0.29) is 12.4 Å². The molecule has 4 rings (SSSR count). The Bertz CT molecular complexity index is 1210. The van der Waals surface area contributed by atoms with Crippen LogP contribution < -0.4 is 5.32 Å². The number of hydrogen-bond donors (Lipinski definition) is 1. The molecule has 0 saturated carbocycles. The van der Waals surface area contributed by atoms with Gasteiger partial charge in [-0.15, -0.1) is 0 Å². The van der Waals surface area contributed by atoms with Gasteiger partial charge in [-0.25, -0.2) is 9.07 Å². The molecule has 0 spiro atoms. The summed E-state index contributed by atoms with van der Waals surface area (Å²) in [5, 5.41) is 7.51. The first-order valence-corrected chi connectivity index (χ1v) is 9.00. The number of carbonyl (C=O) groups is 1. The van der Waals surface area contributed by atoms with Crippen LogP contribution in [0.1, 0.15) is 21.5 Å². The number of fused-ring (bicyclic) bond motifs is 1. The van der Waals surface area contributed by atoms with Crippen LogP contribution in [0.15, 0.2) is 72.9 Å². The Balaban J connectivity index is 1.58. The number of alkyl halides is 3. The van der Waals surface area contributed by atoms with Gasteiger partial charge in [0, 0.05) is 11.9 Å². The highest BCUT2D eigenvalue weighted by Crippen LogP contribution is 2.29. The zero-order valence-corrected chi connectivity index (χ0v) is 15.4. The van der Waals surface area contributed by atoms with E-state index in [1.165, 1.54) is 30.5 Å². The molecule has 0 aliphatic carbocycles. The lowest BCUT2D eigenvalue weighted by atomic mass is 10.1. The lowest BCUT2D eigenvalue weighted by molar-refractivity contribution is -0.137. The third-order valence-electron chi connectivity index (χ3n) is 4.64. The number of aromatic nitrogens is 2. The van der Waals surface area contributed by atoms with Crippen LogP contribution in [0, 0.1) is 5.82 Å². The predicted molar refractivity (Wildman–Crippen MR) is 104 cm³/mol. The summed E-state index contributed by atoms with van der Waals surface area (Å²) >= 11 is 0. The Labute approximate surface area is 168 Å². The number of halogens is 4. The maximum absolute atomic E-state index is 13.2. The normalized spacial score (nSPS) is 11.6. The van der Waals surface area contributed by atoms with Crippen molar-refractivity contribution in [3.63, 3.8) is 0 Å². The number of carbonyl (C=O) groups excluding carboxylic acids is 1. The number of nitrogens with zero attached hydrogens (tertiary/aromatic N) is 2. The molecular formula is C22H15F4N3O. The van der Waals surface area contributed by atoms with Crippen LogP contribution in [-0.4, -0.2) is 15.7 Å². The van der Waals surface area contributed by atoms with Crippen molar-refractivity contribution < 1.29 is 22.4 Å². The summed E-state index contributed by atoms with van der Waals surface area (Å²) in [6.45, 7) is -0.0504. The van der Waals surface area contributed by atoms with E-state index < -0.39 is 17.6 Å². The topological polar surface area (TPSA) is 46.9 Å². The molecule has 152 valence electrons. The highest BCUT2D eigenvalue weighted by atomic mass is 19.4. The molecule has 0 radical (unpaired) electrons. The molecular weight excluding hydrogens is 398 g/mol. The average Bonchev–Trinajstić information content (AvgIpc) is 3.16. The summed E-state index contributed by atoms with van der Waals surface area (Å²) in [5.41, 5.74) is 1.19. The summed E-state index contributed by atoms with van der Waals surface area (Å²) in [7, 11) is 0. The average molecular weight is 413 g/mol. The SMILES string of the molecule is O=C(NCc1cccc(C(F)(F)F)c1)c1cccc2c1cnn2-c1ccc(F)cc1. The number of nitrogens with one attached hydrogen (secondary N) is 1.